The zero-order chi connectivity index (χ0) is 17.4. The Morgan fingerprint density at radius 1 is 1.13 bits per heavy atom. The van der Waals surface area contributed by atoms with E-state index in [0.717, 1.165) is 25.7 Å². The Morgan fingerprint density at radius 2 is 1.70 bits per heavy atom. The van der Waals surface area contributed by atoms with Crippen molar-refractivity contribution < 1.29 is 14.7 Å². The first-order valence-corrected chi connectivity index (χ1v) is 8.80. The molecule has 1 saturated heterocycles. The SMILES string of the molecule is CC1(C)CCC(N(C(=O)C(C)(C)C)[C@@H]2CN[C@H](C(=O)O)C2)CC1. The molecule has 2 atom stereocenters. The van der Waals surface area contributed by atoms with E-state index in [-0.39, 0.29) is 18.0 Å². The minimum absolute atomic E-state index is 0.00552. The highest BCUT2D eigenvalue weighted by atomic mass is 16.4. The van der Waals surface area contributed by atoms with Gasteiger partial charge in [0.2, 0.25) is 5.91 Å². The van der Waals surface area contributed by atoms with Crippen LogP contribution in [0.3, 0.4) is 0 Å². The Labute approximate surface area is 139 Å². The van der Waals surface area contributed by atoms with Crippen LogP contribution < -0.4 is 5.32 Å². The van der Waals surface area contributed by atoms with Gasteiger partial charge in [-0.05, 0) is 37.5 Å². The zero-order valence-corrected chi connectivity index (χ0v) is 15.2. The fourth-order valence-electron chi connectivity index (χ4n) is 3.80. The molecule has 1 amide bonds. The average molecular weight is 324 g/mol. The lowest BCUT2D eigenvalue weighted by atomic mass is 9.74. The molecule has 2 fully saturated rings. The van der Waals surface area contributed by atoms with Crippen LogP contribution in [0.4, 0.5) is 0 Å². The number of carbonyl (C=O) groups is 2. The van der Waals surface area contributed by atoms with Gasteiger partial charge in [0.25, 0.3) is 0 Å². The third-order valence-corrected chi connectivity index (χ3v) is 5.38. The number of aliphatic carboxylic acids is 1. The predicted molar refractivity (Wildman–Crippen MR) is 90.2 cm³/mol. The first-order valence-electron chi connectivity index (χ1n) is 8.80. The highest BCUT2D eigenvalue weighted by molar-refractivity contribution is 5.82. The Morgan fingerprint density at radius 3 is 2.13 bits per heavy atom. The molecule has 0 radical (unpaired) electrons. The van der Waals surface area contributed by atoms with E-state index in [0.29, 0.717) is 18.4 Å². The van der Waals surface area contributed by atoms with Crippen molar-refractivity contribution in [3.05, 3.63) is 0 Å². The number of nitrogens with zero attached hydrogens (tertiary/aromatic N) is 1. The lowest BCUT2D eigenvalue weighted by Crippen LogP contribution is -2.53. The molecule has 1 aliphatic heterocycles. The average Bonchev–Trinajstić information content (AvgIpc) is 2.89. The Balaban J connectivity index is 2.17. The summed E-state index contributed by atoms with van der Waals surface area (Å²) in [4.78, 5) is 26.3. The number of carbonyl (C=O) groups excluding carboxylic acids is 1. The van der Waals surface area contributed by atoms with Crippen LogP contribution in [0.15, 0.2) is 0 Å². The standard InChI is InChI=1S/C18H32N2O3/c1-17(2,3)16(23)20(12-6-8-18(4,5)9-7-12)13-10-14(15(21)22)19-11-13/h12-14,19H,6-11H2,1-5H3,(H,21,22)/t13-,14-/m0/s1. The molecule has 0 aromatic rings. The number of hydrogen-bond acceptors (Lipinski definition) is 3. The summed E-state index contributed by atoms with van der Waals surface area (Å²) in [6, 6.07) is -0.293. The quantitative estimate of drug-likeness (QED) is 0.837. The van der Waals surface area contributed by atoms with E-state index in [1.165, 1.54) is 0 Å². The monoisotopic (exact) mass is 324 g/mol. The van der Waals surface area contributed by atoms with Crippen molar-refractivity contribution in [1.29, 1.82) is 0 Å². The summed E-state index contributed by atoms with van der Waals surface area (Å²) in [7, 11) is 0. The van der Waals surface area contributed by atoms with Gasteiger partial charge in [-0.1, -0.05) is 34.6 Å². The second-order valence-corrected chi connectivity index (χ2v) is 9.05. The third kappa shape index (κ3) is 4.25. The molecule has 0 spiro atoms. The van der Waals surface area contributed by atoms with Crippen LogP contribution in [-0.2, 0) is 9.59 Å². The summed E-state index contributed by atoms with van der Waals surface area (Å²) in [5.41, 5.74) is -0.0846. The van der Waals surface area contributed by atoms with E-state index in [1.807, 2.05) is 25.7 Å². The topological polar surface area (TPSA) is 69.6 Å². The molecule has 0 bridgehead atoms. The van der Waals surface area contributed by atoms with Gasteiger partial charge in [-0.25, -0.2) is 0 Å². The molecular formula is C18H32N2O3. The molecule has 2 rings (SSSR count). The molecule has 1 heterocycles. The van der Waals surface area contributed by atoms with E-state index in [4.69, 9.17) is 0 Å². The normalized spacial score (nSPS) is 28.6. The van der Waals surface area contributed by atoms with Crippen LogP contribution in [-0.4, -0.2) is 46.6 Å². The number of hydrogen-bond donors (Lipinski definition) is 2. The maximum atomic E-state index is 13.0. The maximum absolute atomic E-state index is 13.0. The Hall–Kier alpha value is -1.10. The first kappa shape index (κ1) is 18.2. The summed E-state index contributed by atoms with van der Waals surface area (Å²) < 4.78 is 0. The van der Waals surface area contributed by atoms with Crippen LogP contribution >= 0.6 is 0 Å². The minimum Gasteiger partial charge on any atom is -0.480 e. The highest BCUT2D eigenvalue weighted by Gasteiger charge is 2.42. The molecule has 132 valence electrons. The molecular weight excluding hydrogens is 292 g/mol. The second kappa shape index (κ2) is 6.42. The maximum Gasteiger partial charge on any atom is 0.320 e. The summed E-state index contributed by atoms with van der Waals surface area (Å²) >= 11 is 0. The van der Waals surface area contributed by atoms with Crippen molar-refractivity contribution in [2.45, 2.75) is 84.8 Å². The van der Waals surface area contributed by atoms with E-state index in [1.54, 1.807) is 0 Å². The second-order valence-electron chi connectivity index (χ2n) is 9.05. The van der Waals surface area contributed by atoms with Crippen molar-refractivity contribution in [3.63, 3.8) is 0 Å². The van der Waals surface area contributed by atoms with Crippen molar-refractivity contribution in [2.24, 2.45) is 10.8 Å². The molecule has 2 aliphatic rings. The fraction of sp³-hybridized carbons (Fsp3) is 0.889. The molecule has 0 aromatic carbocycles. The van der Waals surface area contributed by atoms with Crippen molar-refractivity contribution >= 4 is 11.9 Å². The van der Waals surface area contributed by atoms with Crippen LogP contribution in [0.1, 0.15) is 66.7 Å². The summed E-state index contributed by atoms with van der Waals surface area (Å²) in [5.74, 6) is -0.666. The molecule has 5 heteroatoms. The lowest BCUT2D eigenvalue weighted by Gasteiger charge is -2.44. The van der Waals surface area contributed by atoms with Crippen LogP contribution in [0.2, 0.25) is 0 Å². The van der Waals surface area contributed by atoms with E-state index in [9.17, 15) is 14.7 Å². The fourth-order valence-corrected chi connectivity index (χ4v) is 3.80. The van der Waals surface area contributed by atoms with Gasteiger partial charge in [0, 0.05) is 24.0 Å². The number of rotatable bonds is 3. The van der Waals surface area contributed by atoms with Gasteiger partial charge in [-0.2, -0.15) is 0 Å². The van der Waals surface area contributed by atoms with E-state index in [2.05, 4.69) is 19.2 Å². The van der Waals surface area contributed by atoms with Crippen molar-refractivity contribution in [3.8, 4) is 0 Å². The molecule has 1 aliphatic carbocycles. The van der Waals surface area contributed by atoms with Crippen molar-refractivity contribution in [2.75, 3.05) is 6.54 Å². The molecule has 0 unspecified atom stereocenters. The Kier molecular flexibility index (Phi) is 5.09. The van der Waals surface area contributed by atoms with E-state index >= 15 is 0 Å². The lowest BCUT2D eigenvalue weighted by molar-refractivity contribution is -0.146. The smallest absolute Gasteiger partial charge is 0.320 e. The van der Waals surface area contributed by atoms with Gasteiger partial charge in [0.05, 0.1) is 0 Å². The molecule has 0 aromatic heterocycles. The van der Waals surface area contributed by atoms with Crippen molar-refractivity contribution in [1.82, 2.24) is 10.2 Å². The van der Waals surface area contributed by atoms with Gasteiger partial charge >= 0.3 is 5.97 Å². The number of amides is 1. The Bertz CT molecular complexity index is 457. The number of carboxylic acid groups (broad SMARTS) is 1. The summed E-state index contributed by atoms with van der Waals surface area (Å²) in [6.07, 6.45) is 4.78. The number of nitrogens with one attached hydrogen (secondary N) is 1. The predicted octanol–water partition coefficient (Wildman–Crippen LogP) is 2.65. The van der Waals surface area contributed by atoms with Crippen LogP contribution in [0, 0.1) is 10.8 Å². The van der Waals surface area contributed by atoms with Gasteiger partial charge < -0.3 is 15.3 Å². The van der Waals surface area contributed by atoms with Crippen LogP contribution in [0.5, 0.6) is 0 Å². The highest BCUT2D eigenvalue weighted by Crippen LogP contribution is 2.39. The van der Waals surface area contributed by atoms with Gasteiger partial charge in [-0.15, -0.1) is 0 Å². The van der Waals surface area contributed by atoms with Gasteiger partial charge in [0.1, 0.15) is 6.04 Å². The van der Waals surface area contributed by atoms with Gasteiger partial charge in [-0.3, -0.25) is 9.59 Å². The minimum atomic E-state index is -0.819. The third-order valence-electron chi connectivity index (χ3n) is 5.38. The van der Waals surface area contributed by atoms with E-state index < -0.39 is 17.4 Å². The molecule has 2 N–H and O–H groups in total. The first-order chi connectivity index (χ1) is 10.5. The largest absolute Gasteiger partial charge is 0.480 e. The zero-order valence-electron chi connectivity index (χ0n) is 15.2. The van der Waals surface area contributed by atoms with Gasteiger partial charge in [0.15, 0.2) is 0 Å². The summed E-state index contributed by atoms with van der Waals surface area (Å²) in [5, 5.41) is 12.3. The molecule has 1 saturated carbocycles. The molecule has 23 heavy (non-hydrogen) atoms. The summed E-state index contributed by atoms with van der Waals surface area (Å²) in [6.45, 7) is 11.0. The molecule has 5 nitrogen and oxygen atoms in total. The number of carboxylic acids is 1. The van der Waals surface area contributed by atoms with Crippen LogP contribution in [0.25, 0.3) is 0 Å².